The average Bonchev–Trinajstić information content (AvgIpc) is 2.26. The van der Waals surface area contributed by atoms with E-state index in [2.05, 4.69) is 24.0 Å². The van der Waals surface area contributed by atoms with Crippen molar-refractivity contribution in [2.75, 3.05) is 18.5 Å². The van der Waals surface area contributed by atoms with Crippen LogP contribution >= 0.6 is 0 Å². The van der Waals surface area contributed by atoms with Gasteiger partial charge in [0.15, 0.2) is 5.82 Å². The Morgan fingerprint density at radius 3 is 2.50 bits per heavy atom. The zero-order chi connectivity index (χ0) is 12.1. The third-order valence-electron chi connectivity index (χ3n) is 2.45. The van der Waals surface area contributed by atoms with E-state index in [4.69, 9.17) is 0 Å². The molecule has 16 heavy (non-hydrogen) atoms. The number of rotatable bonds is 5. The Balaban J connectivity index is 2.62. The van der Waals surface area contributed by atoms with E-state index in [0.29, 0.717) is 18.9 Å². The van der Waals surface area contributed by atoms with E-state index in [1.165, 1.54) is 0 Å². The minimum absolute atomic E-state index is 0.193. The van der Waals surface area contributed by atoms with Crippen LogP contribution in [0.25, 0.3) is 0 Å². The highest BCUT2D eigenvalue weighted by atomic mass is 16.1. The SMILES string of the molecule is CC(=O)CCN(C)c1ccc(C(C)C)nn1. The summed E-state index contributed by atoms with van der Waals surface area (Å²) >= 11 is 0. The number of ketones is 1. The summed E-state index contributed by atoms with van der Waals surface area (Å²) < 4.78 is 0. The van der Waals surface area contributed by atoms with Crippen LogP contribution in [0.5, 0.6) is 0 Å². The van der Waals surface area contributed by atoms with Gasteiger partial charge in [-0.05, 0) is 25.0 Å². The van der Waals surface area contributed by atoms with Gasteiger partial charge in [-0.2, -0.15) is 5.10 Å². The number of hydrogen-bond acceptors (Lipinski definition) is 4. The third-order valence-corrected chi connectivity index (χ3v) is 2.45. The molecule has 0 saturated carbocycles. The monoisotopic (exact) mass is 221 g/mol. The molecule has 1 rings (SSSR count). The molecule has 88 valence electrons. The molecule has 0 N–H and O–H groups in total. The van der Waals surface area contributed by atoms with Crippen LogP contribution in [0, 0.1) is 0 Å². The molecule has 4 heteroatoms. The summed E-state index contributed by atoms with van der Waals surface area (Å²) in [5.74, 6) is 1.40. The lowest BCUT2D eigenvalue weighted by Crippen LogP contribution is -2.21. The van der Waals surface area contributed by atoms with Gasteiger partial charge in [0.1, 0.15) is 5.78 Å². The molecule has 1 aromatic heterocycles. The quantitative estimate of drug-likeness (QED) is 0.763. The molecule has 0 fully saturated rings. The average molecular weight is 221 g/mol. The second kappa shape index (κ2) is 5.58. The van der Waals surface area contributed by atoms with E-state index in [0.717, 1.165) is 11.5 Å². The Morgan fingerprint density at radius 1 is 1.38 bits per heavy atom. The normalized spacial score (nSPS) is 10.6. The molecule has 0 spiro atoms. The summed E-state index contributed by atoms with van der Waals surface area (Å²) in [6, 6.07) is 3.93. The van der Waals surface area contributed by atoms with Crippen LogP contribution in [0.2, 0.25) is 0 Å². The van der Waals surface area contributed by atoms with Gasteiger partial charge < -0.3 is 4.90 Å². The van der Waals surface area contributed by atoms with Crippen molar-refractivity contribution in [1.29, 1.82) is 0 Å². The van der Waals surface area contributed by atoms with Crippen molar-refractivity contribution < 1.29 is 4.79 Å². The van der Waals surface area contributed by atoms with E-state index in [1.54, 1.807) is 6.92 Å². The van der Waals surface area contributed by atoms with Crippen molar-refractivity contribution in [2.45, 2.75) is 33.1 Å². The molecule has 0 unspecified atom stereocenters. The molecular formula is C12H19N3O. The van der Waals surface area contributed by atoms with Gasteiger partial charge >= 0.3 is 0 Å². The maximum absolute atomic E-state index is 10.9. The summed E-state index contributed by atoms with van der Waals surface area (Å²) in [6.45, 7) is 6.46. The molecule has 4 nitrogen and oxygen atoms in total. The second-order valence-corrected chi connectivity index (χ2v) is 4.34. The fraction of sp³-hybridized carbons (Fsp3) is 0.583. The summed E-state index contributed by atoms with van der Waals surface area (Å²) in [7, 11) is 1.92. The number of carbonyl (C=O) groups excluding carboxylic acids is 1. The molecule has 0 aliphatic carbocycles. The van der Waals surface area contributed by atoms with Crippen molar-refractivity contribution >= 4 is 11.6 Å². The number of hydrogen-bond donors (Lipinski definition) is 0. The first kappa shape index (κ1) is 12.6. The summed E-state index contributed by atoms with van der Waals surface area (Å²) in [4.78, 5) is 12.8. The zero-order valence-corrected chi connectivity index (χ0v) is 10.4. The van der Waals surface area contributed by atoms with Gasteiger partial charge in [-0.15, -0.1) is 5.10 Å². The highest BCUT2D eigenvalue weighted by Crippen LogP contribution is 2.13. The molecule has 0 aromatic carbocycles. The molecule has 0 aliphatic rings. The van der Waals surface area contributed by atoms with Crippen molar-refractivity contribution in [2.24, 2.45) is 0 Å². The lowest BCUT2D eigenvalue weighted by molar-refractivity contribution is -0.116. The van der Waals surface area contributed by atoms with Gasteiger partial charge in [-0.25, -0.2) is 0 Å². The predicted molar refractivity (Wildman–Crippen MR) is 64.7 cm³/mol. The molecule has 1 heterocycles. The van der Waals surface area contributed by atoms with Gasteiger partial charge in [0, 0.05) is 20.0 Å². The van der Waals surface area contributed by atoms with Crippen molar-refractivity contribution in [3.8, 4) is 0 Å². The highest BCUT2D eigenvalue weighted by molar-refractivity contribution is 5.76. The van der Waals surface area contributed by atoms with Gasteiger partial charge in [0.05, 0.1) is 5.69 Å². The van der Waals surface area contributed by atoms with E-state index in [1.807, 2.05) is 24.1 Å². The summed E-state index contributed by atoms with van der Waals surface area (Å²) in [5, 5.41) is 8.29. The van der Waals surface area contributed by atoms with Crippen LogP contribution in [0.15, 0.2) is 12.1 Å². The van der Waals surface area contributed by atoms with Crippen LogP contribution in [0.4, 0.5) is 5.82 Å². The smallest absolute Gasteiger partial charge is 0.150 e. The molecule has 0 bridgehead atoms. The fourth-order valence-electron chi connectivity index (χ4n) is 1.29. The van der Waals surface area contributed by atoms with Crippen LogP contribution in [0.3, 0.4) is 0 Å². The first-order valence-electron chi connectivity index (χ1n) is 5.55. The van der Waals surface area contributed by atoms with Gasteiger partial charge in [0.2, 0.25) is 0 Å². The van der Waals surface area contributed by atoms with Crippen molar-refractivity contribution in [3.05, 3.63) is 17.8 Å². The fourth-order valence-corrected chi connectivity index (χ4v) is 1.29. The Morgan fingerprint density at radius 2 is 2.06 bits per heavy atom. The van der Waals surface area contributed by atoms with Gasteiger partial charge in [-0.3, -0.25) is 4.79 Å². The Bertz CT molecular complexity index is 346. The molecular weight excluding hydrogens is 202 g/mol. The predicted octanol–water partition coefficient (Wildman–Crippen LogP) is 2.02. The molecule has 0 atom stereocenters. The summed E-state index contributed by atoms with van der Waals surface area (Å²) in [6.07, 6.45) is 0.546. The Hall–Kier alpha value is -1.45. The third kappa shape index (κ3) is 3.61. The lowest BCUT2D eigenvalue weighted by Gasteiger charge is -2.16. The van der Waals surface area contributed by atoms with E-state index < -0.39 is 0 Å². The highest BCUT2D eigenvalue weighted by Gasteiger charge is 2.06. The molecule has 0 aliphatic heterocycles. The second-order valence-electron chi connectivity index (χ2n) is 4.34. The van der Waals surface area contributed by atoms with Gasteiger partial charge in [-0.1, -0.05) is 13.8 Å². The molecule has 1 aromatic rings. The van der Waals surface area contributed by atoms with Crippen molar-refractivity contribution in [3.63, 3.8) is 0 Å². The van der Waals surface area contributed by atoms with Crippen LogP contribution in [0.1, 0.15) is 38.8 Å². The molecule has 0 amide bonds. The minimum Gasteiger partial charge on any atom is -0.358 e. The Kier molecular flexibility index (Phi) is 4.40. The Labute approximate surface area is 96.7 Å². The number of Topliss-reactive ketones (excluding diaryl/α,β-unsaturated/α-hetero) is 1. The maximum Gasteiger partial charge on any atom is 0.150 e. The molecule has 0 radical (unpaired) electrons. The van der Waals surface area contributed by atoms with E-state index in [9.17, 15) is 4.79 Å². The number of anilines is 1. The number of carbonyl (C=O) groups is 1. The largest absolute Gasteiger partial charge is 0.358 e. The van der Waals surface area contributed by atoms with E-state index >= 15 is 0 Å². The van der Waals surface area contributed by atoms with Gasteiger partial charge in [0.25, 0.3) is 0 Å². The standard InChI is InChI=1S/C12H19N3O/c1-9(2)11-5-6-12(14-13-11)15(4)8-7-10(3)16/h5-6,9H,7-8H2,1-4H3. The molecule has 0 saturated heterocycles. The lowest BCUT2D eigenvalue weighted by atomic mass is 10.1. The number of nitrogens with zero attached hydrogens (tertiary/aromatic N) is 3. The maximum atomic E-state index is 10.9. The van der Waals surface area contributed by atoms with E-state index in [-0.39, 0.29) is 5.78 Å². The zero-order valence-electron chi connectivity index (χ0n) is 10.4. The van der Waals surface area contributed by atoms with Crippen molar-refractivity contribution in [1.82, 2.24) is 10.2 Å². The number of aromatic nitrogens is 2. The minimum atomic E-state index is 0.193. The first-order chi connectivity index (χ1) is 7.50. The van der Waals surface area contributed by atoms with Crippen LogP contribution < -0.4 is 4.90 Å². The summed E-state index contributed by atoms with van der Waals surface area (Å²) in [5.41, 5.74) is 0.990. The van der Waals surface area contributed by atoms with Crippen LogP contribution in [-0.2, 0) is 4.79 Å². The topological polar surface area (TPSA) is 46.1 Å². The van der Waals surface area contributed by atoms with Crippen LogP contribution in [-0.4, -0.2) is 29.6 Å². The first-order valence-corrected chi connectivity index (χ1v) is 5.55.